The van der Waals surface area contributed by atoms with Crippen LogP contribution in [0.3, 0.4) is 0 Å². The number of carbonyl (C=O) groups is 2. The van der Waals surface area contributed by atoms with Gasteiger partial charge in [0.2, 0.25) is 0 Å². The first-order valence-electron chi connectivity index (χ1n) is 7.22. The van der Waals surface area contributed by atoms with E-state index < -0.39 is 24.8 Å². The Morgan fingerprint density at radius 3 is 2.54 bits per heavy atom. The van der Waals surface area contributed by atoms with Crippen LogP contribution in [0, 0.1) is 0 Å². The SMILES string of the molecule is O=C(O)CCCNC(=O)NCc1cccc(COCC(F)(F)F)c1. The summed E-state index contributed by atoms with van der Waals surface area (Å²) in [7, 11) is 0. The van der Waals surface area contributed by atoms with Crippen molar-refractivity contribution in [3.05, 3.63) is 35.4 Å². The van der Waals surface area contributed by atoms with E-state index in [0.29, 0.717) is 17.5 Å². The molecule has 0 atom stereocenters. The number of ether oxygens (including phenoxy) is 1. The van der Waals surface area contributed by atoms with Crippen molar-refractivity contribution in [2.75, 3.05) is 13.2 Å². The number of benzene rings is 1. The summed E-state index contributed by atoms with van der Waals surface area (Å²) in [6.07, 6.45) is -4.06. The van der Waals surface area contributed by atoms with Gasteiger partial charge in [-0.3, -0.25) is 4.79 Å². The fraction of sp³-hybridized carbons (Fsp3) is 0.467. The number of carbonyl (C=O) groups excluding carboxylic acids is 1. The van der Waals surface area contributed by atoms with E-state index in [1.54, 1.807) is 24.3 Å². The summed E-state index contributed by atoms with van der Waals surface area (Å²) in [5.41, 5.74) is 1.28. The third-order valence-corrected chi connectivity index (χ3v) is 2.83. The van der Waals surface area contributed by atoms with Gasteiger partial charge in [0.05, 0.1) is 6.61 Å². The molecule has 0 aromatic heterocycles. The standard InChI is InChI=1S/C15H19F3N2O4/c16-15(17,18)10-24-9-12-4-1-3-11(7-12)8-20-14(23)19-6-2-5-13(21)22/h1,3-4,7H,2,5-6,8-10H2,(H,21,22)(H2,19,20,23). The van der Waals surface area contributed by atoms with Crippen molar-refractivity contribution >= 4 is 12.0 Å². The Kier molecular flexibility index (Phi) is 8.03. The molecular weight excluding hydrogens is 329 g/mol. The van der Waals surface area contributed by atoms with Crippen LogP contribution < -0.4 is 10.6 Å². The molecule has 0 saturated heterocycles. The van der Waals surface area contributed by atoms with Crippen LogP contribution in [0.1, 0.15) is 24.0 Å². The molecule has 0 spiro atoms. The molecule has 9 heteroatoms. The highest BCUT2D eigenvalue weighted by molar-refractivity contribution is 5.73. The van der Waals surface area contributed by atoms with E-state index in [1.165, 1.54) is 0 Å². The van der Waals surface area contributed by atoms with Gasteiger partial charge in [-0.05, 0) is 17.5 Å². The molecule has 0 radical (unpaired) electrons. The summed E-state index contributed by atoms with van der Waals surface area (Å²) in [4.78, 5) is 21.8. The van der Waals surface area contributed by atoms with E-state index in [9.17, 15) is 22.8 Å². The highest BCUT2D eigenvalue weighted by Gasteiger charge is 2.27. The maximum Gasteiger partial charge on any atom is 0.411 e. The van der Waals surface area contributed by atoms with Gasteiger partial charge in [-0.25, -0.2) is 4.79 Å². The Labute approximate surface area is 137 Å². The van der Waals surface area contributed by atoms with Gasteiger partial charge in [0.25, 0.3) is 0 Å². The number of halogens is 3. The minimum Gasteiger partial charge on any atom is -0.481 e. The molecule has 1 rings (SSSR count). The number of aliphatic carboxylic acids is 1. The van der Waals surface area contributed by atoms with Crippen LogP contribution >= 0.6 is 0 Å². The Morgan fingerprint density at radius 2 is 1.88 bits per heavy atom. The average molecular weight is 348 g/mol. The number of carboxylic acids is 1. The fourth-order valence-corrected chi connectivity index (χ4v) is 1.80. The Bertz CT molecular complexity index is 550. The van der Waals surface area contributed by atoms with E-state index in [-0.39, 0.29) is 26.1 Å². The predicted molar refractivity (Wildman–Crippen MR) is 79.3 cm³/mol. The molecule has 134 valence electrons. The molecule has 24 heavy (non-hydrogen) atoms. The molecule has 0 fully saturated rings. The molecule has 0 heterocycles. The maximum absolute atomic E-state index is 12.0. The van der Waals surface area contributed by atoms with Gasteiger partial charge in [-0.1, -0.05) is 24.3 Å². The zero-order chi connectivity index (χ0) is 18.0. The van der Waals surface area contributed by atoms with Crippen molar-refractivity contribution in [3.63, 3.8) is 0 Å². The number of hydrogen-bond donors (Lipinski definition) is 3. The predicted octanol–water partition coefficient (Wildman–Crippen LogP) is 2.43. The van der Waals surface area contributed by atoms with Crippen molar-refractivity contribution in [2.45, 2.75) is 32.2 Å². The lowest BCUT2D eigenvalue weighted by Crippen LogP contribution is -2.35. The van der Waals surface area contributed by atoms with Crippen LogP contribution in [0.15, 0.2) is 24.3 Å². The van der Waals surface area contributed by atoms with Crippen molar-refractivity contribution in [2.24, 2.45) is 0 Å². The first kappa shape index (κ1) is 19.8. The quantitative estimate of drug-likeness (QED) is 0.598. The number of alkyl halides is 3. The third-order valence-electron chi connectivity index (χ3n) is 2.83. The Morgan fingerprint density at radius 1 is 1.17 bits per heavy atom. The summed E-state index contributed by atoms with van der Waals surface area (Å²) >= 11 is 0. The molecular formula is C15H19F3N2O4. The molecule has 3 N–H and O–H groups in total. The molecule has 0 saturated carbocycles. The molecule has 0 unspecified atom stereocenters. The monoisotopic (exact) mass is 348 g/mol. The van der Waals surface area contributed by atoms with Crippen LogP contribution in [-0.2, 0) is 22.7 Å². The van der Waals surface area contributed by atoms with Gasteiger partial charge in [0, 0.05) is 19.5 Å². The molecule has 0 aliphatic carbocycles. The van der Waals surface area contributed by atoms with Crippen molar-refractivity contribution in [1.82, 2.24) is 10.6 Å². The van der Waals surface area contributed by atoms with Crippen LogP contribution in [0.5, 0.6) is 0 Å². The maximum atomic E-state index is 12.0. The number of rotatable bonds is 9. The molecule has 0 aliphatic rings. The first-order valence-corrected chi connectivity index (χ1v) is 7.22. The van der Waals surface area contributed by atoms with E-state index >= 15 is 0 Å². The zero-order valence-electron chi connectivity index (χ0n) is 12.9. The summed E-state index contributed by atoms with van der Waals surface area (Å²) < 4.78 is 40.6. The summed E-state index contributed by atoms with van der Waals surface area (Å²) in [5, 5.41) is 13.5. The van der Waals surface area contributed by atoms with Gasteiger partial charge in [-0.2, -0.15) is 13.2 Å². The molecule has 0 aliphatic heterocycles. The normalized spacial score (nSPS) is 11.1. The molecule has 0 bridgehead atoms. The van der Waals surface area contributed by atoms with Crippen LogP contribution in [0.2, 0.25) is 0 Å². The average Bonchev–Trinajstić information content (AvgIpc) is 2.48. The van der Waals surface area contributed by atoms with E-state index in [0.717, 1.165) is 0 Å². The van der Waals surface area contributed by atoms with Gasteiger partial charge < -0.3 is 20.5 Å². The van der Waals surface area contributed by atoms with Crippen molar-refractivity contribution in [1.29, 1.82) is 0 Å². The third kappa shape index (κ3) is 9.67. The topological polar surface area (TPSA) is 87.7 Å². The van der Waals surface area contributed by atoms with Crippen molar-refractivity contribution < 1.29 is 32.6 Å². The summed E-state index contributed by atoms with van der Waals surface area (Å²) in [6.45, 7) is -1.05. The zero-order valence-corrected chi connectivity index (χ0v) is 12.9. The molecule has 6 nitrogen and oxygen atoms in total. The lowest BCUT2D eigenvalue weighted by Gasteiger charge is -2.10. The Hall–Kier alpha value is -2.29. The largest absolute Gasteiger partial charge is 0.481 e. The lowest BCUT2D eigenvalue weighted by atomic mass is 10.1. The van der Waals surface area contributed by atoms with Gasteiger partial charge >= 0.3 is 18.2 Å². The second-order valence-corrected chi connectivity index (χ2v) is 5.03. The smallest absolute Gasteiger partial charge is 0.411 e. The van der Waals surface area contributed by atoms with E-state index in [2.05, 4.69) is 15.4 Å². The Balaban J connectivity index is 2.31. The van der Waals surface area contributed by atoms with Gasteiger partial charge in [-0.15, -0.1) is 0 Å². The minimum atomic E-state index is -4.36. The fourth-order valence-electron chi connectivity index (χ4n) is 1.80. The second kappa shape index (κ2) is 9.76. The summed E-state index contributed by atoms with van der Waals surface area (Å²) in [5.74, 6) is -0.929. The molecule has 1 aromatic rings. The second-order valence-electron chi connectivity index (χ2n) is 5.03. The summed E-state index contributed by atoms with van der Waals surface area (Å²) in [6, 6.07) is 6.21. The highest BCUT2D eigenvalue weighted by atomic mass is 19.4. The van der Waals surface area contributed by atoms with Crippen molar-refractivity contribution in [3.8, 4) is 0 Å². The molecule has 1 aromatic carbocycles. The van der Waals surface area contributed by atoms with E-state index in [4.69, 9.17) is 5.11 Å². The van der Waals surface area contributed by atoms with Crippen LogP contribution in [-0.4, -0.2) is 36.4 Å². The van der Waals surface area contributed by atoms with Crippen LogP contribution in [0.4, 0.5) is 18.0 Å². The first-order chi connectivity index (χ1) is 11.3. The number of amides is 2. The van der Waals surface area contributed by atoms with Gasteiger partial charge in [0.15, 0.2) is 0 Å². The number of urea groups is 1. The minimum absolute atomic E-state index is 0.0275. The number of nitrogens with one attached hydrogen (secondary N) is 2. The molecule has 2 amide bonds. The van der Waals surface area contributed by atoms with Gasteiger partial charge in [0.1, 0.15) is 6.61 Å². The number of hydrogen-bond acceptors (Lipinski definition) is 3. The highest BCUT2D eigenvalue weighted by Crippen LogP contribution is 2.16. The number of carboxylic acid groups (broad SMARTS) is 1. The van der Waals surface area contributed by atoms with Crippen LogP contribution in [0.25, 0.3) is 0 Å². The van der Waals surface area contributed by atoms with E-state index in [1.807, 2.05) is 0 Å². The lowest BCUT2D eigenvalue weighted by molar-refractivity contribution is -0.176.